The van der Waals surface area contributed by atoms with Crippen molar-refractivity contribution in [1.82, 2.24) is 5.32 Å². The molecule has 1 aromatic carbocycles. The molecular formula is C16H27NO. The minimum Gasteiger partial charge on any atom is -0.492 e. The first kappa shape index (κ1) is 15.0. The second-order valence-corrected chi connectivity index (χ2v) is 5.44. The smallest absolute Gasteiger partial charge is 0.119 e. The summed E-state index contributed by atoms with van der Waals surface area (Å²) in [5.41, 5.74) is 1.36. The zero-order valence-corrected chi connectivity index (χ0v) is 12.4. The van der Waals surface area contributed by atoms with Gasteiger partial charge in [-0.3, -0.25) is 0 Å². The first-order chi connectivity index (χ1) is 8.54. The van der Waals surface area contributed by atoms with Crippen LogP contribution in [0.5, 0.6) is 5.75 Å². The van der Waals surface area contributed by atoms with Crippen LogP contribution in [0.3, 0.4) is 0 Å². The molecule has 0 saturated carbocycles. The van der Waals surface area contributed by atoms with Gasteiger partial charge in [0.05, 0.1) is 0 Å². The molecule has 0 heterocycles. The Morgan fingerprint density at radius 3 is 2.11 bits per heavy atom. The van der Waals surface area contributed by atoms with E-state index in [1.807, 2.05) is 0 Å². The molecule has 2 nitrogen and oxygen atoms in total. The molecular weight excluding hydrogens is 222 g/mol. The number of ether oxygens (including phenoxy) is 1. The highest BCUT2D eigenvalue weighted by Gasteiger charge is 2.12. The predicted octanol–water partition coefficient (Wildman–Crippen LogP) is 3.82. The Labute approximate surface area is 112 Å². The molecule has 0 aliphatic heterocycles. The van der Waals surface area contributed by atoms with Gasteiger partial charge in [-0.1, -0.05) is 46.8 Å². The number of likely N-dealkylation sites (N-methyl/N-ethyl adjacent to an activating group) is 1. The molecule has 0 amide bonds. The highest BCUT2D eigenvalue weighted by Crippen LogP contribution is 2.19. The van der Waals surface area contributed by atoms with E-state index in [1.54, 1.807) is 0 Å². The maximum atomic E-state index is 5.85. The van der Waals surface area contributed by atoms with Gasteiger partial charge in [0.1, 0.15) is 12.4 Å². The second kappa shape index (κ2) is 7.42. The second-order valence-electron chi connectivity index (χ2n) is 5.44. The molecule has 18 heavy (non-hydrogen) atoms. The molecule has 1 aromatic rings. The highest BCUT2D eigenvalue weighted by molar-refractivity contribution is 5.28. The SMILES string of the molecule is CCNC(COc1ccc(C(C)C)cc1)C(C)C. The Bertz CT molecular complexity index is 329. The molecule has 1 atom stereocenters. The van der Waals surface area contributed by atoms with Gasteiger partial charge in [0.15, 0.2) is 0 Å². The number of hydrogen-bond acceptors (Lipinski definition) is 2. The lowest BCUT2D eigenvalue weighted by Crippen LogP contribution is -2.38. The Balaban J connectivity index is 2.51. The predicted molar refractivity (Wildman–Crippen MR) is 78.3 cm³/mol. The van der Waals surface area contributed by atoms with E-state index in [1.165, 1.54) is 5.56 Å². The van der Waals surface area contributed by atoms with Crippen LogP contribution in [0.2, 0.25) is 0 Å². The maximum absolute atomic E-state index is 5.85. The number of rotatable bonds is 7. The van der Waals surface area contributed by atoms with Crippen LogP contribution in [-0.4, -0.2) is 19.2 Å². The van der Waals surface area contributed by atoms with E-state index in [4.69, 9.17) is 4.74 Å². The average molecular weight is 249 g/mol. The fraction of sp³-hybridized carbons (Fsp3) is 0.625. The summed E-state index contributed by atoms with van der Waals surface area (Å²) in [5.74, 6) is 2.12. The molecule has 0 fully saturated rings. The molecule has 0 spiro atoms. The van der Waals surface area contributed by atoms with Crippen molar-refractivity contribution < 1.29 is 4.74 Å². The van der Waals surface area contributed by atoms with Crippen molar-refractivity contribution in [3.05, 3.63) is 29.8 Å². The molecule has 2 heteroatoms. The van der Waals surface area contributed by atoms with E-state index >= 15 is 0 Å². The zero-order valence-electron chi connectivity index (χ0n) is 12.4. The summed E-state index contributed by atoms with van der Waals surface area (Å²) in [6.07, 6.45) is 0. The molecule has 0 bridgehead atoms. The van der Waals surface area contributed by atoms with Crippen LogP contribution in [0.4, 0.5) is 0 Å². The third-order valence-electron chi connectivity index (χ3n) is 3.25. The Morgan fingerprint density at radius 2 is 1.67 bits per heavy atom. The molecule has 0 aromatic heterocycles. The molecule has 0 aliphatic carbocycles. The van der Waals surface area contributed by atoms with Crippen LogP contribution < -0.4 is 10.1 Å². The van der Waals surface area contributed by atoms with Gasteiger partial charge < -0.3 is 10.1 Å². The molecule has 102 valence electrons. The third kappa shape index (κ3) is 4.69. The minimum atomic E-state index is 0.416. The zero-order chi connectivity index (χ0) is 13.5. The van der Waals surface area contributed by atoms with Gasteiger partial charge in [-0.2, -0.15) is 0 Å². The molecule has 1 unspecified atom stereocenters. The molecule has 1 rings (SSSR count). The summed E-state index contributed by atoms with van der Waals surface area (Å²) in [5, 5.41) is 3.46. The summed E-state index contributed by atoms with van der Waals surface area (Å²) in [7, 11) is 0. The van der Waals surface area contributed by atoms with Gasteiger partial charge >= 0.3 is 0 Å². The van der Waals surface area contributed by atoms with Crippen molar-refractivity contribution >= 4 is 0 Å². The van der Waals surface area contributed by atoms with Crippen LogP contribution in [0.25, 0.3) is 0 Å². The number of nitrogens with one attached hydrogen (secondary N) is 1. The van der Waals surface area contributed by atoms with Gasteiger partial charge in [-0.15, -0.1) is 0 Å². The van der Waals surface area contributed by atoms with Crippen molar-refractivity contribution in [1.29, 1.82) is 0 Å². The lowest BCUT2D eigenvalue weighted by molar-refractivity contribution is 0.232. The summed E-state index contributed by atoms with van der Waals surface area (Å²) in [6.45, 7) is 12.7. The maximum Gasteiger partial charge on any atom is 0.119 e. The largest absolute Gasteiger partial charge is 0.492 e. The van der Waals surface area contributed by atoms with Gasteiger partial charge in [-0.25, -0.2) is 0 Å². The lowest BCUT2D eigenvalue weighted by Gasteiger charge is -2.22. The Morgan fingerprint density at radius 1 is 1.06 bits per heavy atom. The van der Waals surface area contributed by atoms with Gasteiger partial charge in [0, 0.05) is 6.04 Å². The van der Waals surface area contributed by atoms with E-state index in [0.717, 1.165) is 18.9 Å². The fourth-order valence-electron chi connectivity index (χ4n) is 1.88. The first-order valence-corrected chi connectivity index (χ1v) is 7.00. The average Bonchev–Trinajstić information content (AvgIpc) is 2.34. The highest BCUT2D eigenvalue weighted by atomic mass is 16.5. The summed E-state index contributed by atoms with van der Waals surface area (Å²) < 4.78 is 5.85. The summed E-state index contributed by atoms with van der Waals surface area (Å²) >= 11 is 0. The minimum absolute atomic E-state index is 0.416. The van der Waals surface area contributed by atoms with E-state index in [0.29, 0.717) is 17.9 Å². The molecule has 0 radical (unpaired) electrons. The van der Waals surface area contributed by atoms with Crippen molar-refractivity contribution in [3.8, 4) is 5.75 Å². The quantitative estimate of drug-likeness (QED) is 0.793. The normalized spacial score (nSPS) is 13.1. The number of hydrogen-bond donors (Lipinski definition) is 1. The van der Waals surface area contributed by atoms with Gasteiger partial charge in [0.25, 0.3) is 0 Å². The standard InChI is InChI=1S/C16H27NO/c1-6-17-16(13(4)5)11-18-15-9-7-14(8-10-15)12(2)3/h7-10,12-13,16-17H,6,11H2,1-5H3. The van der Waals surface area contributed by atoms with Crippen LogP contribution in [0.1, 0.15) is 46.1 Å². The van der Waals surface area contributed by atoms with E-state index in [9.17, 15) is 0 Å². The summed E-state index contributed by atoms with van der Waals surface area (Å²) in [6, 6.07) is 8.85. The van der Waals surface area contributed by atoms with Crippen molar-refractivity contribution in [3.63, 3.8) is 0 Å². The molecule has 0 aliphatic rings. The third-order valence-corrected chi connectivity index (χ3v) is 3.25. The Hall–Kier alpha value is -1.02. The topological polar surface area (TPSA) is 21.3 Å². The van der Waals surface area contributed by atoms with Crippen molar-refractivity contribution in [2.75, 3.05) is 13.2 Å². The van der Waals surface area contributed by atoms with E-state index in [2.05, 4.69) is 64.2 Å². The van der Waals surface area contributed by atoms with Crippen LogP contribution in [0.15, 0.2) is 24.3 Å². The number of benzene rings is 1. The van der Waals surface area contributed by atoms with E-state index in [-0.39, 0.29) is 0 Å². The molecule has 0 saturated heterocycles. The van der Waals surface area contributed by atoms with Crippen LogP contribution in [0, 0.1) is 5.92 Å². The fourth-order valence-corrected chi connectivity index (χ4v) is 1.88. The summed E-state index contributed by atoms with van der Waals surface area (Å²) in [4.78, 5) is 0. The van der Waals surface area contributed by atoms with Gasteiger partial charge in [0.2, 0.25) is 0 Å². The first-order valence-electron chi connectivity index (χ1n) is 7.00. The van der Waals surface area contributed by atoms with Crippen LogP contribution >= 0.6 is 0 Å². The molecule has 1 N–H and O–H groups in total. The monoisotopic (exact) mass is 249 g/mol. The van der Waals surface area contributed by atoms with Gasteiger partial charge in [-0.05, 0) is 36.1 Å². The van der Waals surface area contributed by atoms with Crippen LogP contribution in [-0.2, 0) is 0 Å². The van der Waals surface area contributed by atoms with Crippen molar-refractivity contribution in [2.45, 2.75) is 46.6 Å². The lowest BCUT2D eigenvalue weighted by atomic mass is 10.0. The van der Waals surface area contributed by atoms with E-state index < -0.39 is 0 Å². The Kier molecular flexibility index (Phi) is 6.20. The van der Waals surface area contributed by atoms with Crippen molar-refractivity contribution in [2.24, 2.45) is 5.92 Å².